The first kappa shape index (κ1) is 16.9. The molecule has 0 fully saturated rings. The lowest BCUT2D eigenvalue weighted by atomic mass is 9.87. The Morgan fingerprint density at radius 1 is 0.704 bits per heavy atom. The molecule has 4 heteroatoms. The third kappa shape index (κ3) is 4.18. The summed E-state index contributed by atoms with van der Waals surface area (Å²) in [7, 11) is 0. The van der Waals surface area contributed by atoms with Crippen LogP contribution in [0.25, 0.3) is 0 Å². The van der Waals surface area contributed by atoms with Crippen molar-refractivity contribution in [1.82, 2.24) is 15.0 Å². The van der Waals surface area contributed by atoms with Crippen LogP contribution in [0.4, 0.5) is 11.5 Å². The Balaban J connectivity index is 1.68. The molecule has 1 N–H and O–H groups in total. The van der Waals surface area contributed by atoms with Crippen LogP contribution in [-0.4, -0.2) is 15.0 Å². The first-order chi connectivity index (χ1) is 13.4. The van der Waals surface area contributed by atoms with Gasteiger partial charge in [-0.15, -0.1) is 0 Å². The van der Waals surface area contributed by atoms with Crippen molar-refractivity contribution in [3.8, 4) is 0 Å². The maximum Gasteiger partial charge on any atom is 0.130 e. The lowest BCUT2D eigenvalue weighted by molar-refractivity contribution is 0.795. The molecule has 3 heterocycles. The van der Waals surface area contributed by atoms with Gasteiger partial charge in [-0.2, -0.15) is 0 Å². The van der Waals surface area contributed by atoms with Gasteiger partial charge in [-0.1, -0.05) is 36.4 Å². The van der Waals surface area contributed by atoms with Crippen molar-refractivity contribution in [3.63, 3.8) is 0 Å². The van der Waals surface area contributed by atoms with Crippen molar-refractivity contribution in [2.24, 2.45) is 0 Å². The molecule has 4 rings (SSSR count). The molecule has 0 radical (unpaired) electrons. The first-order valence-corrected chi connectivity index (χ1v) is 8.96. The van der Waals surface area contributed by atoms with E-state index in [1.54, 1.807) is 18.6 Å². The van der Waals surface area contributed by atoms with Crippen LogP contribution in [0.15, 0.2) is 97.7 Å². The predicted molar refractivity (Wildman–Crippen MR) is 108 cm³/mol. The minimum absolute atomic E-state index is 0.180. The number of aromatic nitrogens is 3. The monoisotopic (exact) mass is 352 g/mol. The molecule has 0 saturated heterocycles. The Hall–Kier alpha value is -3.53. The number of hydrogen-bond donors (Lipinski definition) is 1. The predicted octanol–water partition coefficient (Wildman–Crippen LogP) is 4.99. The molecule has 3 aromatic heterocycles. The second-order valence-corrected chi connectivity index (χ2v) is 6.33. The average molecular weight is 352 g/mol. The highest BCUT2D eigenvalue weighted by molar-refractivity contribution is 5.61. The SMILES string of the molecule is c1ccc(Nc2ccccc2CC(c2cccnc2)c2cccnc2)nc1. The molecule has 4 nitrogen and oxygen atoms in total. The summed E-state index contributed by atoms with van der Waals surface area (Å²) in [6, 6.07) is 22.4. The Labute approximate surface area is 159 Å². The number of rotatable bonds is 6. The molecule has 0 spiro atoms. The normalized spacial score (nSPS) is 10.7. The Bertz CT molecular complexity index is 933. The van der Waals surface area contributed by atoms with Crippen LogP contribution < -0.4 is 5.32 Å². The van der Waals surface area contributed by atoms with E-state index in [2.05, 4.69) is 50.6 Å². The van der Waals surface area contributed by atoms with Crippen LogP contribution in [-0.2, 0) is 6.42 Å². The summed E-state index contributed by atoms with van der Waals surface area (Å²) in [5, 5.41) is 3.44. The van der Waals surface area contributed by atoms with Crippen LogP contribution in [0, 0.1) is 0 Å². The average Bonchev–Trinajstić information content (AvgIpc) is 2.75. The fourth-order valence-corrected chi connectivity index (χ4v) is 3.21. The number of anilines is 2. The van der Waals surface area contributed by atoms with Gasteiger partial charge in [-0.3, -0.25) is 9.97 Å². The zero-order chi connectivity index (χ0) is 18.3. The minimum atomic E-state index is 0.180. The van der Waals surface area contributed by atoms with Gasteiger partial charge in [-0.25, -0.2) is 4.98 Å². The number of benzene rings is 1. The van der Waals surface area contributed by atoms with E-state index in [4.69, 9.17) is 0 Å². The molecule has 0 aliphatic carbocycles. The molecule has 0 saturated carbocycles. The smallest absolute Gasteiger partial charge is 0.130 e. The highest BCUT2D eigenvalue weighted by Gasteiger charge is 2.17. The van der Waals surface area contributed by atoms with Crippen molar-refractivity contribution in [1.29, 1.82) is 0 Å². The molecule has 0 aliphatic rings. The molecule has 0 amide bonds. The Kier molecular flexibility index (Phi) is 5.16. The molecular weight excluding hydrogens is 332 g/mol. The quantitative estimate of drug-likeness (QED) is 0.531. The lowest BCUT2D eigenvalue weighted by Crippen LogP contribution is -2.08. The van der Waals surface area contributed by atoms with Gasteiger partial charge in [0.1, 0.15) is 5.82 Å². The minimum Gasteiger partial charge on any atom is -0.340 e. The van der Waals surface area contributed by atoms with Crippen LogP contribution in [0.3, 0.4) is 0 Å². The summed E-state index contributed by atoms with van der Waals surface area (Å²) >= 11 is 0. The van der Waals surface area contributed by atoms with E-state index in [1.165, 1.54) is 16.7 Å². The highest BCUT2D eigenvalue weighted by atomic mass is 15.0. The van der Waals surface area contributed by atoms with Crippen LogP contribution in [0.5, 0.6) is 0 Å². The summed E-state index contributed by atoms with van der Waals surface area (Å²) in [4.78, 5) is 13.0. The van der Waals surface area contributed by atoms with Crippen molar-refractivity contribution in [2.45, 2.75) is 12.3 Å². The molecule has 1 aromatic carbocycles. The van der Waals surface area contributed by atoms with E-state index >= 15 is 0 Å². The largest absolute Gasteiger partial charge is 0.340 e. The van der Waals surface area contributed by atoms with E-state index in [1.807, 2.05) is 48.8 Å². The lowest BCUT2D eigenvalue weighted by Gasteiger charge is -2.20. The first-order valence-electron chi connectivity index (χ1n) is 8.96. The van der Waals surface area contributed by atoms with Gasteiger partial charge in [0.15, 0.2) is 0 Å². The zero-order valence-electron chi connectivity index (χ0n) is 14.9. The van der Waals surface area contributed by atoms with Gasteiger partial charge in [0.25, 0.3) is 0 Å². The molecule has 0 aliphatic heterocycles. The standard InChI is InChI=1S/C23H20N4/c1-2-10-22(27-23-11-3-4-14-26-23)18(7-1)15-21(19-8-5-12-24-16-19)20-9-6-13-25-17-20/h1-14,16-17,21H,15H2,(H,26,27). The van der Waals surface area contributed by atoms with Crippen molar-refractivity contribution in [2.75, 3.05) is 5.32 Å². The van der Waals surface area contributed by atoms with E-state index < -0.39 is 0 Å². The number of pyridine rings is 3. The van der Waals surface area contributed by atoms with Gasteiger partial charge in [0, 0.05) is 42.6 Å². The van der Waals surface area contributed by atoms with Crippen molar-refractivity contribution in [3.05, 3.63) is 114 Å². The number of nitrogens with zero attached hydrogens (tertiary/aromatic N) is 3. The van der Waals surface area contributed by atoms with E-state index in [-0.39, 0.29) is 5.92 Å². The third-order valence-electron chi connectivity index (χ3n) is 4.54. The number of hydrogen-bond acceptors (Lipinski definition) is 4. The topological polar surface area (TPSA) is 50.7 Å². The fourth-order valence-electron chi connectivity index (χ4n) is 3.21. The third-order valence-corrected chi connectivity index (χ3v) is 4.54. The number of nitrogens with one attached hydrogen (secondary N) is 1. The number of para-hydroxylation sites is 1. The molecular formula is C23H20N4. The van der Waals surface area contributed by atoms with Gasteiger partial charge in [0.05, 0.1) is 0 Å². The van der Waals surface area contributed by atoms with Gasteiger partial charge >= 0.3 is 0 Å². The molecule has 0 bridgehead atoms. The second-order valence-electron chi connectivity index (χ2n) is 6.33. The molecule has 4 aromatic rings. The summed E-state index contributed by atoms with van der Waals surface area (Å²) in [6.45, 7) is 0. The maximum absolute atomic E-state index is 4.38. The summed E-state index contributed by atoms with van der Waals surface area (Å²) < 4.78 is 0. The Morgan fingerprint density at radius 2 is 1.41 bits per heavy atom. The summed E-state index contributed by atoms with van der Waals surface area (Å²) in [6.07, 6.45) is 10.1. The van der Waals surface area contributed by atoms with Crippen LogP contribution >= 0.6 is 0 Å². The molecule has 0 atom stereocenters. The van der Waals surface area contributed by atoms with Crippen LogP contribution in [0.2, 0.25) is 0 Å². The van der Waals surface area contributed by atoms with E-state index in [0.29, 0.717) is 0 Å². The van der Waals surface area contributed by atoms with Crippen molar-refractivity contribution < 1.29 is 0 Å². The second kappa shape index (κ2) is 8.23. The summed E-state index contributed by atoms with van der Waals surface area (Å²) in [5.74, 6) is 1.02. The van der Waals surface area contributed by atoms with E-state index in [0.717, 1.165) is 17.9 Å². The fraction of sp³-hybridized carbons (Fsp3) is 0.0870. The zero-order valence-corrected chi connectivity index (χ0v) is 14.9. The van der Waals surface area contributed by atoms with E-state index in [9.17, 15) is 0 Å². The maximum atomic E-state index is 4.38. The molecule has 27 heavy (non-hydrogen) atoms. The van der Waals surface area contributed by atoms with Gasteiger partial charge in [-0.05, 0) is 53.4 Å². The van der Waals surface area contributed by atoms with Crippen LogP contribution in [0.1, 0.15) is 22.6 Å². The van der Waals surface area contributed by atoms with Gasteiger partial charge < -0.3 is 5.32 Å². The van der Waals surface area contributed by atoms with Crippen molar-refractivity contribution >= 4 is 11.5 Å². The summed E-state index contributed by atoms with van der Waals surface area (Å²) in [5.41, 5.74) is 4.64. The van der Waals surface area contributed by atoms with Gasteiger partial charge in [0.2, 0.25) is 0 Å². The molecule has 132 valence electrons. The molecule has 0 unspecified atom stereocenters. The Morgan fingerprint density at radius 3 is 2.04 bits per heavy atom. The highest BCUT2D eigenvalue weighted by Crippen LogP contribution is 2.31.